The molecule has 0 atom stereocenters. The summed E-state index contributed by atoms with van der Waals surface area (Å²) < 4.78 is 30.3. The van der Waals surface area contributed by atoms with Crippen LogP contribution in [0.5, 0.6) is 0 Å². The van der Waals surface area contributed by atoms with E-state index in [0.717, 1.165) is 62.3 Å². The van der Waals surface area contributed by atoms with Gasteiger partial charge in [0.2, 0.25) is 11.8 Å². The highest BCUT2D eigenvalue weighted by Crippen LogP contribution is 2.33. The Kier molecular flexibility index (Phi) is 9.28. The molecule has 2 aliphatic carbocycles. The van der Waals surface area contributed by atoms with E-state index < -0.39 is 15.9 Å². The van der Waals surface area contributed by atoms with E-state index in [9.17, 15) is 22.8 Å². The SMILES string of the molecule is CCCCCc1nc2ccc(N3CCN(C(=O)C4CC4)CC3)cc2c(=O)n1Cc1ccc(-c2ccccc2S(=O)(=O)NC(=O)C2CC2)cc1. The molecule has 3 aliphatic rings. The molecule has 3 aromatic carbocycles. The third-order valence-corrected chi connectivity index (χ3v) is 11.3. The molecule has 1 aromatic heterocycles. The number of benzene rings is 3. The average Bonchev–Trinajstić information content (AvgIpc) is 4.04. The van der Waals surface area contributed by atoms with Gasteiger partial charge in [-0.25, -0.2) is 18.1 Å². The first-order valence-electron chi connectivity index (χ1n) is 17.5. The van der Waals surface area contributed by atoms with Crippen molar-refractivity contribution in [2.45, 2.75) is 69.7 Å². The van der Waals surface area contributed by atoms with Crippen LogP contribution in [0.25, 0.3) is 22.0 Å². The second-order valence-electron chi connectivity index (χ2n) is 13.6. The number of carbonyl (C=O) groups is 2. The van der Waals surface area contributed by atoms with Gasteiger partial charge in [0.15, 0.2) is 0 Å². The fourth-order valence-corrected chi connectivity index (χ4v) is 7.91. The molecule has 11 heteroatoms. The van der Waals surface area contributed by atoms with Crippen LogP contribution in [-0.4, -0.2) is 60.9 Å². The lowest BCUT2D eigenvalue weighted by Gasteiger charge is -2.36. The first kappa shape index (κ1) is 33.0. The molecule has 3 fully saturated rings. The fraction of sp³-hybridized carbons (Fsp3) is 0.421. The molecule has 0 bridgehead atoms. The Bertz CT molecular complexity index is 2040. The van der Waals surface area contributed by atoms with E-state index >= 15 is 0 Å². The molecule has 0 unspecified atom stereocenters. The molecule has 2 heterocycles. The fourth-order valence-electron chi connectivity index (χ4n) is 6.64. The molecule has 10 nitrogen and oxygen atoms in total. The van der Waals surface area contributed by atoms with Gasteiger partial charge in [0.1, 0.15) is 5.82 Å². The van der Waals surface area contributed by atoms with Gasteiger partial charge in [-0.05, 0) is 67.5 Å². The number of unbranched alkanes of at least 4 members (excludes halogenated alkanes) is 2. The number of hydrogen-bond acceptors (Lipinski definition) is 7. The molecule has 256 valence electrons. The lowest BCUT2D eigenvalue weighted by Crippen LogP contribution is -2.49. The van der Waals surface area contributed by atoms with Crippen LogP contribution in [0.4, 0.5) is 5.69 Å². The van der Waals surface area contributed by atoms with E-state index in [4.69, 9.17) is 4.98 Å². The van der Waals surface area contributed by atoms with Crippen LogP contribution < -0.4 is 15.2 Å². The molecule has 0 radical (unpaired) electrons. The summed E-state index contributed by atoms with van der Waals surface area (Å²) in [5.74, 6) is 0.562. The van der Waals surface area contributed by atoms with Gasteiger partial charge in [0, 0.05) is 55.7 Å². The highest BCUT2D eigenvalue weighted by atomic mass is 32.2. The molecule has 7 rings (SSSR count). The standard InChI is InChI=1S/C38H43N5O5S/c1-2-3-4-9-35-39-33-19-18-30(41-20-22-42(23-21-41)37(45)29-16-17-29)24-32(33)38(46)43(35)25-26-10-12-27(13-11-26)31-7-5-6-8-34(31)49(47,48)40-36(44)28-14-15-28/h5-8,10-13,18-19,24,28-29H,2-4,9,14-17,20-23,25H2,1H3,(H,40,44). The number of fused-ring (bicyclic) bond motifs is 1. The zero-order valence-electron chi connectivity index (χ0n) is 27.9. The first-order valence-corrected chi connectivity index (χ1v) is 19.0. The van der Waals surface area contributed by atoms with Gasteiger partial charge in [-0.2, -0.15) is 0 Å². The van der Waals surface area contributed by atoms with Crippen LogP contribution in [0.15, 0.2) is 76.4 Å². The van der Waals surface area contributed by atoms with E-state index in [1.165, 1.54) is 6.07 Å². The summed E-state index contributed by atoms with van der Waals surface area (Å²) in [7, 11) is -4.04. The van der Waals surface area contributed by atoms with Crippen molar-refractivity contribution in [2.24, 2.45) is 11.8 Å². The monoisotopic (exact) mass is 681 g/mol. The van der Waals surface area contributed by atoms with Crippen LogP contribution in [0, 0.1) is 11.8 Å². The van der Waals surface area contributed by atoms with Crippen molar-refractivity contribution < 1.29 is 18.0 Å². The second-order valence-corrected chi connectivity index (χ2v) is 15.3. The number of rotatable bonds is 12. The normalized spacial score (nSPS) is 16.6. The Balaban J connectivity index is 1.15. The molecule has 0 spiro atoms. The van der Waals surface area contributed by atoms with E-state index in [-0.39, 0.29) is 28.2 Å². The Morgan fingerprint density at radius 1 is 0.878 bits per heavy atom. The zero-order chi connectivity index (χ0) is 34.1. The summed E-state index contributed by atoms with van der Waals surface area (Å²) in [6, 6.07) is 20.1. The van der Waals surface area contributed by atoms with Crippen LogP contribution >= 0.6 is 0 Å². The number of hydrogen-bond donors (Lipinski definition) is 1. The lowest BCUT2D eigenvalue weighted by molar-refractivity contribution is -0.132. The highest BCUT2D eigenvalue weighted by Gasteiger charge is 2.35. The first-order chi connectivity index (χ1) is 23.7. The van der Waals surface area contributed by atoms with E-state index in [1.54, 1.807) is 22.8 Å². The Hall–Kier alpha value is -4.51. The van der Waals surface area contributed by atoms with Gasteiger partial charge in [-0.1, -0.05) is 62.2 Å². The van der Waals surface area contributed by atoms with Crippen molar-refractivity contribution in [2.75, 3.05) is 31.1 Å². The van der Waals surface area contributed by atoms with Gasteiger partial charge in [0.25, 0.3) is 15.6 Å². The third-order valence-electron chi connectivity index (χ3n) is 9.87. The van der Waals surface area contributed by atoms with E-state index in [1.807, 2.05) is 47.4 Å². The quantitative estimate of drug-likeness (QED) is 0.206. The maximum atomic E-state index is 14.2. The maximum absolute atomic E-state index is 14.2. The summed E-state index contributed by atoms with van der Waals surface area (Å²) in [6.07, 6.45) is 7.15. The molecular formula is C38H43N5O5S. The maximum Gasteiger partial charge on any atom is 0.264 e. The van der Waals surface area contributed by atoms with Crippen LogP contribution in [0.3, 0.4) is 0 Å². The number of aromatic nitrogens is 2. The number of carbonyl (C=O) groups excluding carboxylic acids is 2. The molecular weight excluding hydrogens is 639 g/mol. The van der Waals surface area contributed by atoms with E-state index in [0.29, 0.717) is 60.9 Å². The minimum absolute atomic E-state index is 0.0524. The molecule has 1 saturated heterocycles. The van der Waals surface area contributed by atoms with Crippen LogP contribution in [0.1, 0.15) is 63.3 Å². The largest absolute Gasteiger partial charge is 0.368 e. The van der Waals surface area contributed by atoms with Crippen molar-refractivity contribution in [3.05, 3.63) is 88.5 Å². The van der Waals surface area contributed by atoms with Crippen molar-refractivity contribution in [3.63, 3.8) is 0 Å². The van der Waals surface area contributed by atoms with Gasteiger partial charge in [-0.15, -0.1) is 0 Å². The van der Waals surface area contributed by atoms with Crippen molar-refractivity contribution in [1.82, 2.24) is 19.2 Å². The van der Waals surface area contributed by atoms with Gasteiger partial charge < -0.3 is 9.80 Å². The highest BCUT2D eigenvalue weighted by molar-refractivity contribution is 7.90. The summed E-state index contributed by atoms with van der Waals surface area (Å²) in [6.45, 7) is 5.30. The molecule has 49 heavy (non-hydrogen) atoms. The van der Waals surface area contributed by atoms with Crippen LogP contribution in [0.2, 0.25) is 0 Å². The topological polar surface area (TPSA) is 122 Å². The minimum atomic E-state index is -4.04. The predicted molar refractivity (Wildman–Crippen MR) is 190 cm³/mol. The third kappa shape index (κ3) is 7.27. The Morgan fingerprint density at radius 3 is 2.29 bits per heavy atom. The lowest BCUT2D eigenvalue weighted by atomic mass is 10.0. The summed E-state index contributed by atoms with van der Waals surface area (Å²) in [4.78, 5) is 48.3. The molecule has 2 amide bonds. The summed E-state index contributed by atoms with van der Waals surface area (Å²) in [5.41, 5.74) is 3.63. The van der Waals surface area contributed by atoms with Crippen LogP contribution in [-0.2, 0) is 32.6 Å². The van der Waals surface area contributed by atoms with Gasteiger partial charge in [0.05, 0.1) is 22.3 Å². The number of nitrogens with one attached hydrogen (secondary N) is 1. The molecule has 2 saturated carbocycles. The average molecular weight is 682 g/mol. The number of nitrogens with zero attached hydrogens (tertiary/aromatic N) is 4. The number of amides is 2. The second kappa shape index (κ2) is 13.8. The molecule has 1 aliphatic heterocycles. The van der Waals surface area contributed by atoms with E-state index in [2.05, 4.69) is 16.5 Å². The van der Waals surface area contributed by atoms with Gasteiger partial charge in [-0.3, -0.25) is 19.0 Å². The zero-order valence-corrected chi connectivity index (χ0v) is 28.8. The van der Waals surface area contributed by atoms with Crippen molar-refractivity contribution in [1.29, 1.82) is 0 Å². The smallest absolute Gasteiger partial charge is 0.264 e. The predicted octanol–water partition coefficient (Wildman–Crippen LogP) is 5.12. The molecule has 1 N–H and O–H groups in total. The Morgan fingerprint density at radius 2 is 1.59 bits per heavy atom. The van der Waals surface area contributed by atoms with Crippen molar-refractivity contribution in [3.8, 4) is 11.1 Å². The summed E-state index contributed by atoms with van der Waals surface area (Å²) in [5, 5.41) is 0.567. The number of sulfonamides is 1. The van der Waals surface area contributed by atoms with Crippen molar-refractivity contribution >= 4 is 38.4 Å². The number of aryl methyl sites for hydroxylation is 1. The molecule has 4 aromatic rings. The summed E-state index contributed by atoms with van der Waals surface area (Å²) >= 11 is 0. The number of piperazine rings is 1. The minimum Gasteiger partial charge on any atom is -0.368 e. The van der Waals surface area contributed by atoms with Gasteiger partial charge >= 0.3 is 0 Å². The Labute approximate surface area is 287 Å². The number of anilines is 1.